The number of amides is 1. The first-order valence-electron chi connectivity index (χ1n) is 10.9. The van der Waals surface area contributed by atoms with Gasteiger partial charge >= 0.3 is 0 Å². The van der Waals surface area contributed by atoms with E-state index in [-0.39, 0.29) is 5.56 Å². The van der Waals surface area contributed by atoms with Gasteiger partial charge in [0.25, 0.3) is 5.91 Å². The van der Waals surface area contributed by atoms with Gasteiger partial charge in [0.15, 0.2) is 0 Å². The molecular weight excluding hydrogens is 453 g/mol. The molecule has 6 nitrogen and oxygen atoms in total. The third kappa shape index (κ3) is 3.54. The van der Waals surface area contributed by atoms with E-state index in [0.29, 0.717) is 10.6 Å². The normalized spacial score (nSPS) is 14.3. The Kier molecular flexibility index (Phi) is 4.74. The average molecular weight is 472 g/mol. The molecule has 0 atom stereocenters. The molecule has 168 valence electrons. The first-order chi connectivity index (χ1) is 16.5. The van der Waals surface area contributed by atoms with Crippen molar-refractivity contribution in [1.29, 1.82) is 0 Å². The minimum Gasteiger partial charge on any atom is -0.342 e. The molecule has 1 fully saturated rings. The Balaban J connectivity index is 1.29. The summed E-state index contributed by atoms with van der Waals surface area (Å²) in [5.41, 5.74) is 4.51. The molecule has 1 amide bonds. The number of nitrogens with zero attached hydrogens (tertiary/aromatic N) is 3. The highest BCUT2D eigenvalue weighted by atomic mass is 35.5. The Labute approximate surface area is 199 Å². The van der Waals surface area contributed by atoms with Gasteiger partial charge in [-0.05, 0) is 54.8 Å². The fraction of sp³-hybridized carbons (Fsp3) is 0.115. The molecule has 0 radical (unpaired) electrons. The van der Waals surface area contributed by atoms with Gasteiger partial charge in [0.1, 0.15) is 11.5 Å². The Morgan fingerprint density at radius 2 is 1.82 bits per heavy atom. The first-order valence-corrected chi connectivity index (χ1v) is 11.2. The van der Waals surface area contributed by atoms with Crippen LogP contribution in [-0.2, 0) is 5.54 Å². The van der Waals surface area contributed by atoms with Gasteiger partial charge in [0, 0.05) is 34.1 Å². The summed E-state index contributed by atoms with van der Waals surface area (Å²) in [7, 11) is 0. The summed E-state index contributed by atoms with van der Waals surface area (Å²) in [6.07, 6.45) is 8.79. The molecule has 34 heavy (non-hydrogen) atoms. The highest BCUT2D eigenvalue weighted by Gasteiger charge is 2.45. The van der Waals surface area contributed by atoms with Crippen molar-refractivity contribution < 1.29 is 9.18 Å². The van der Waals surface area contributed by atoms with E-state index < -0.39 is 17.3 Å². The molecule has 3 aromatic heterocycles. The molecule has 1 saturated carbocycles. The molecule has 0 unspecified atom stereocenters. The van der Waals surface area contributed by atoms with E-state index >= 15 is 4.39 Å². The number of aromatic amines is 1. The van der Waals surface area contributed by atoms with E-state index in [1.54, 1.807) is 30.6 Å². The number of hydrogen-bond acceptors (Lipinski definition) is 3. The summed E-state index contributed by atoms with van der Waals surface area (Å²) < 4.78 is 17.0. The minimum absolute atomic E-state index is 0.0110. The zero-order valence-electron chi connectivity index (χ0n) is 17.9. The summed E-state index contributed by atoms with van der Waals surface area (Å²) in [5.74, 6) is -1.01. The number of carbonyl (C=O) groups excluding carboxylic acids is 1. The highest BCUT2D eigenvalue weighted by Crippen LogP contribution is 2.46. The third-order valence-electron chi connectivity index (χ3n) is 6.35. The molecule has 0 aliphatic heterocycles. The predicted octanol–water partition coefficient (Wildman–Crippen LogP) is 5.60. The SMILES string of the molecule is O=C(NC1(c2ccc(Cl)cc2)CC1)c1ccc(-c2cnc3ccc(-c4cn[nH]c4)cn23)cc1F. The molecule has 0 spiro atoms. The molecule has 2 aromatic carbocycles. The van der Waals surface area contributed by atoms with Crippen LogP contribution in [0.5, 0.6) is 0 Å². The maximum atomic E-state index is 15.1. The first kappa shape index (κ1) is 20.6. The monoisotopic (exact) mass is 471 g/mol. The van der Waals surface area contributed by atoms with Crippen molar-refractivity contribution >= 4 is 23.2 Å². The van der Waals surface area contributed by atoms with Gasteiger partial charge in [-0.3, -0.25) is 14.3 Å². The quantitative estimate of drug-likeness (QED) is 0.350. The smallest absolute Gasteiger partial charge is 0.254 e. The van der Waals surface area contributed by atoms with Crippen LogP contribution in [0.4, 0.5) is 4.39 Å². The lowest BCUT2D eigenvalue weighted by Gasteiger charge is -2.18. The molecule has 8 heteroatoms. The van der Waals surface area contributed by atoms with Crippen LogP contribution in [0.15, 0.2) is 79.4 Å². The van der Waals surface area contributed by atoms with Gasteiger partial charge in [-0.15, -0.1) is 0 Å². The highest BCUT2D eigenvalue weighted by molar-refractivity contribution is 6.30. The summed E-state index contributed by atoms with van der Waals surface area (Å²) >= 11 is 5.99. The number of hydrogen-bond donors (Lipinski definition) is 2. The second-order valence-electron chi connectivity index (χ2n) is 8.51. The van der Waals surface area contributed by atoms with Gasteiger partial charge in [-0.25, -0.2) is 9.37 Å². The van der Waals surface area contributed by atoms with Crippen molar-refractivity contribution in [2.45, 2.75) is 18.4 Å². The lowest BCUT2D eigenvalue weighted by molar-refractivity contribution is 0.0926. The number of benzene rings is 2. The Hall–Kier alpha value is -3.97. The van der Waals surface area contributed by atoms with Crippen molar-refractivity contribution in [2.75, 3.05) is 0 Å². The van der Waals surface area contributed by atoms with Gasteiger partial charge in [-0.1, -0.05) is 29.8 Å². The molecule has 3 heterocycles. The zero-order chi connectivity index (χ0) is 23.3. The summed E-state index contributed by atoms with van der Waals surface area (Å²) in [5, 5.41) is 10.5. The minimum atomic E-state index is -0.581. The summed E-state index contributed by atoms with van der Waals surface area (Å²) in [4.78, 5) is 17.4. The molecule has 5 aromatic rings. The Morgan fingerprint density at radius 3 is 2.53 bits per heavy atom. The number of imidazole rings is 1. The third-order valence-corrected chi connectivity index (χ3v) is 6.60. The van der Waals surface area contributed by atoms with Gasteiger partial charge in [0.05, 0.1) is 29.2 Å². The van der Waals surface area contributed by atoms with Crippen LogP contribution >= 0.6 is 11.6 Å². The van der Waals surface area contributed by atoms with Crippen molar-refractivity contribution in [3.05, 3.63) is 101 Å². The fourth-order valence-electron chi connectivity index (χ4n) is 4.30. The van der Waals surface area contributed by atoms with Crippen LogP contribution < -0.4 is 5.32 Å². The number of H-pyrrole nitrogens is 1. The lowest BCUT2D eigenvalue weighted by Crippen LogP contribution is -2.35. The van der Waals surface area contributed by atoms with Crippen LogP contribution in [0.3, 0.4) is 0 Å². The van der Waals surface area contributed by atoms with Crippen molar-refractivity contribution in [3.63, 3.8) is 0 Å². The van der Waals surface area contributed by atoms with Crippen LogP contribution in [0.2, 0.25) is 5.02 Å². The summed E-state index contributed by atoms with van der Waals surface area (Å²) in [6.45, 7) is 0. The van der Waals surface area contributed by atoms with E-state index in [0.717, 1.165) is 40.9 Å². The van der Waals surface area contributed by atoms with Gasteiger partial charge in [-0.2, -0.15) is 5.10 Å². The van der Waals surface area contributed by atoms with E-state index in [4.69, 9.17) is 11.6 Å². The molecule has 6 rings (SSSR count). The lowest BCUT2D eigenvalue weighted by atomic mass is 10.0. The Morgan fingerprint density at radius 1 is 1.03 bits per heavy atom. The van der Waals surface area contributed by atoms with Gasteiger partial charge < -0.3 is 5.32 Å². The number of halogens is 2. The van der Waals surface area contributed by atoms with Crippen LogP contribution in [0.25, 0.3) is 28.0 Å². The molecule has 0 saturated heterocycles. The summed E-state index contributed by atoms with van der Waals surface area (Å²) in [6, 6.07) is 15.9. The van der Waals surface area contributed by atoms with E-state index in [9.17, 15) is 4.79 Å². The second kappa shape index (κ2) is 7.81. The van der Waals surface area contributed by atoms with E-state index in [2.05, 4.69) is 20.5 Å². The second-order valence-corrected chi connectivity index (χ2v) is 8.95. The number of aromatic nitrogens is 4. The molecular formula is C26H19ClFN5O. The van der Waals surface area contributed by atoms with Crippen LogP contribution in [0.1, 0.15) is 28.8 Å². The average Bonchev–Trinajstić information content (AvgIpc) is 3.23. The number of nitrogens with one attached hydrogen (secondary N) is 2. The van der Waals surface area contributed by atoms with E-state index in [1.807, 2.05) is 41.1 Å². The van der Waals surface area contributed by atoms with Crippen LogP contribution in [-0.4, -0.2) is 25.5 Å². The molecule has 0 bridgehead atoms. The zero-order valence-corrected chi connectivity index (χ0v) is 18.7. The topological polar surface area (TPSA) is 75.1 Å². The van der Waals surface area contributed by atoms with Crippen molar-refractivity contribution in [3.8, 4) is 22.4 Å². The number of carbonyl (C=O) groups is 1. The molecule has 1 aliphatic rings. The molecule has 2 N–H and O–H groups in total. The number of pyridine rings is 1. The molecule has 1 aliphatic carbocycles. The fourth-order valence-corrected chi connectivity index (χ4v) is 4.42. The predicted molar refractivity (Wildman–Crippen MR) is 128 cm³/mol. The van der Waals surface area contributed by atoms with Gasteiger partial charge in [0.2, 0.25) is 0 Å². The Bertz CT molecular complexity index is 1520. The van der Waals surface area contributed by atoms with E-state index in [1.165, 1.54) is 12.1 Å². The largest absolute Gasteiger partial charge is 0.342 e. The maximum absolute atomic E-state index is 15.1. The number of fused-ring (bicyclic) bond motifs is 1. The van der Waals surface area contributed by atoms with Crippen LogP contribution in [0, 0.1) is 5.82 Å². The maximum Gasteiger partial charge on any atom is 0.254 e. The standard InChI is InChI=1S/C26H19ClFN5O/c27-20-5-3-19(4-6-20)26(9-10-26)32-25(34)21-7-1-16(11-22(21)28)23-14-29-24-8-2-17(15-33(23)24)18-12-30-31-13-18/h1-8,11-15H,9-10H2,(H,30,31)(H,32,34). The van der Waals surface area contributed by atoms with Crippen molar-refractivity contribution in [1.82, 2.24) is 24.9 Å². The van der Waals surface area contributed by atoms with Crippen molar-refractivity contribution in [2.24, 2.45) is 0 Å². The number of rotatable bonds is 5.